The number of ether oxygens (including phenoxy) is 8. The van der Waals surface area contributed by atoms with Gasteiger partial charge in [0.05, 0.1) is 99.1 Å². The molecule has 192 valence electrons. The van der Waals surface area contributed by atoms with E-state index in [4.69, 9.17) is 60.3 Å². The van der Waals surface area contributed by atoms with Crippen molar-refractivity contribution in [3.8, 4) is 6.01 Å². The highest BCUT2D eigenvalue weighted by atomic mass is 35.5. The van der Waals surface area contributed by atoms with Crippen LogP contribution in [0.4, 0.5) is 5.95 Å². The van der Waals surface area contributed by atoms with Gasteiger partial charge < -0.3 is 48.7 Å². The molecule has 0 aliphatic rings. The Morgan fingerprint density at radius 2 is 0.909 bits per heavy atom. The Labute approximate surface area is 198 Å². The fourth-order valence-corrected chi connectivity index (χ4v) is 2.25. The quantitative estimate of drug-likeness (QED) is 0.177. The Bertz CT molecular complexity index is 558. The van der Waals surface area contributed by atoms with Gasteiger partial charge in [0.25, 0.3) is 0 Å². The Morgan fingerprint density at radius 1 is 0.545 bits per heavy atom. The van der Waals surface area contributed by atoms with Crippen LogP contribution in [-0.2, 0) is 33.2 Å². The number of nitrogens with two attached hydrogens (primary N) is 1. The lowest BCUT2D eigenvalue weighted by atomic mass is 10.6. The minimum atomic E-state index is -0.0229. The third-order valence-corrected chi connectivity index (χ3v) is 3.70. The topological polar surface area (TPSA) is 159 Å². The fraction of sp³-hybridized carbons (Fsp3) is 0.842. The highest BCUT2D eigenvalue weighted by molar-refractivity contribution is 6.28. The average molecular weight is 499 g/mol. The summed E-state index contributed by atoms with van der Waals surface area (Å²) in [6.07, 6.45) is 0. The lowest BCUT2D eigenvalue weighted by Gasteiger charge is -2.08. The molecule has 0 spiro atoms. The van der Waals surface area contributed by atoms with E-state index >= 15 is 0 Å². The van der Waals surface area contributed by atoms with E-state index in [9.17, 15) is 0 Å². The zero-order chi connectivity index (χ0) is 23.8. The number of rotatable bonds is 24. The van der Waals surface area contributed by atoms with Gasteiger partial charge >= 0.3 is 6.01 Å². The largest absolute Gasteiger partial charge is 0.461 e. The van der Waals surface area contributed by atoms with Crippen LogP contribution < -0.4 is 10.5 Å². The van der Waals surface area contributed by atoms with Gasteiger partial charge in [0.2, 0.25) is 11.2 Å². The van der Waals surface area contributed by atoms with E-state index in [1.54, 1.807) is 0 Å². The van der Waals surface area contributed by atoms with Crippen molar-refractivity contribution < 1.29 is 43.0 Å². The second-order valence-electron chi connectivity index (χ2n) is 6.10. The number of halogens is 1. The molecule has 0 unspecified atom stereocenters. The minimum absolute atomic E-state index is 0.00206. The standard InChI is InChI=1S/C19H35ClN4O9/c20-17-22-18(21)24-19(23-17)33-16-15-32-14-13-31-12-11-30-10-9-29-8-7-28-6-5-27-4-3-26-2-1-25/h25H,1-16H2,(H2,21,22,23,24). The van der Waals surface area contributed by atoms with Crippen LogP contribution in [0, 0.1) is 0 Å². The number of hydrogen-bond acceptors (Lipinski definition) is 13. The molecule has 1 rings (SSSR count). The highest BCUT2D eigenvalue weighted by Crippen LogP contribution is 2.08. The molecular formula is C19H35ClN4O9. The third kappa shape index (κ3) is 19.7. The molecule has 0 aliphatic heterocycles. The summed E-state index contributed by atoms with van der Waals surface area (Å²) in [5.74, 6) is -0.00206. The molecule has 0 bridgehead atoms. The van der Waals surface area contributed by atoms with Crippen molar-refractivity contribution in [3.63, 3.8) is 0 Å². The number of hydrogen-bond donors (Lipinski definition) is 2. The summed E-state index contributed by atoms with van der Waals surface area (Å²) in [6, 6.07) is 0.0589. The van der Waals surface area contributed by atoms with Gasteiger partial charge in [-0.2, -0.15) is 15.0 Å². The van der Waals surface area contributed by atoms with Crippen LogP contribution in [0.25, 0.3) is 0 Å². The molecule has 0 fully saturated rings. The van der Waals surface area contributed by atoms with Gasteiger partial charge in [0, 0.05) is 0 Å². The molecule has 1 aromatic rings. The van der Waals surface area contributed by atoms with Gasteiger partial charge in [-0.3, -0.25) is 0 Å². The molecule has 0 aliphatic carbocycles. The summed E-state index contributed by atoms with van der Waals surface area (Å²) >= 11 is 5.65. The second kappa shape index (κ2) is 22.4. The molecule has 0 saturated carbocycles. The first-order chi connectivity index (χ1) is 16.2. The highest BCUT2D eigenvalue weighted by Gasteiger charge is 2.03. The maximum atomic E-state index is 8.54. The normalized spacial score (nSPS) is 11.2. The number of aliphatic hydroxyl groups is 1. The third-order valence-electron chi connectivity index (χ3n) is 3.53. The first kappa shape index (κ1) is 29.6. The van der Waals surface area contributed by atoms with Gasteiger partial charge in [-0.15, -0.1) is 0 Å². The predicted molar refractivity (Wildman–Crippen MR) is 118 cm³/mol. The van der Waals surface area contributed by atoms with Crippen molar-refractivity contribution in [2.75, 3.05) is 111 Å². The van der Waals surface area contributed by atoms with Crippen molar-refractivity contribution in [3.05, 3.63) is 5.28 Å². The van der Waals surface area contributed by atoms with Crippen LogP contribution in [0.3, 0.4) is 0 Å². The lowest BCUT2D eigenvalue weighted by molar-refractivity contribution is -0.0221. The van der Waals surface area contributed by atoms with Crippen molar-refractivity contribution in [2.45, 2.75) is 0 Å². The predicted octanol–water partition coefficient (Wildman–Crippen LogP) is -0.405. The molecule has 33 heavy (non-hydrogen) atoms. The molecule has 3 N–H and O–H groups in total. The van der Waals surface area contributed by atoms with Crippen LogP contribution >= 0.6 is 11.6 Å². The molecule has 0 aromatic carbocycles. The number of aromatic nitrogens is 3. The molecule has 0 amide bonds. The maximum absolute atomic E-state index is 8.54. The Hall–Kier alpha value is -1.42. The SMILES string of the molecule is Nc1nc(Cl)nc(OCCOCCOCCOCCOCCOCCOCCOCCO)n1. The van der Waals surface area contributed by atoms with E-state index in [0.717, 1.165) is 0 Å². The summed E-state index contributed by atoms with van der Waals surface area (Å²) in [7, 11) is 0. The monoisotopic (exact) mass is 498 g/mol. The van der Waals surface area contributed by atoms with Crippen LogP contribution in [0.15, 0.2) is 0 Å². The first-order valence-corrected chi connectivity index (χ1v) is 11.0. The van der Waals surface area contributed by atoms with E-state index in [0.29, 0.717) is 92.5 Å². The summed E-state index contributed by atoms with van der Waals surface area (Å²) in [5, 5.41) is 8.52. The summed E-state index contributed by atoms with van der Waals surface area (Å²) in [6.45, 7) is 6.68. The van der Waals surface area contributed by atoms with Crippen LogP contribution in [0.5, 0.6) is 6.01 Å². The van der Waals surface area contributed by atoms with Crippen molar-refractivity contribution in [2.24, 2.45) is 0 Å². The second-order valence-corrected chi connectivity index (χ2v) is 6.44. The van der Waals surface area contributed by atoms with E-state index in [1.807, 2.05) is 0 Å². The molecule has 1 aromatic heterocycles. The number of nitrogen functional groups attached to an aromatic ring is 1. The average Bonchev–Trinajstić information content (AvgIpc) is 2.79. The van der Waals surface area contributed by atoms with Crippen LogP contribution in [-0.4, -0.2) is 126 Å². The van der Waals surface area contributed by atoms with Crippen LogP contribution in [0.2, 0.25) is 5.28 Å². The fourth-order valence-electron chi connectivity index (χ4n) is 2.09. The maximum Gasteiger partial charge on any atom is 0.322 e. The van der Waals surface area contributed by atoms with Crippen molar-refractivity contribution >= 4 is 17.5 Å². The van der Waals surface area contributed by atoms with Gasteiger partial charge in [0.1, 0.15) is 6.61 Å². The van der Waals surface area contributed by atoms with E-state index in [-0.39, 0.29) is 30.5 Å². The van der Waals surface area contributed by atoms with Crippen LogP contribution in [0.1, 0.15) is 0 Å². The molecule has 14 heteroatoms. The van der Waals surface area contributed by atoms with E-state index < -0.39 is 0 Å². The molecule has 0 saturated heterocycles. The smallest absolute Gasteiger partial charge is 0.322 e. The van der Waals surface area contributed by atoms with E-state index in [1.165, 1.54) is 0 Å². The van der Waals surface area contributed by atoms with Gasteiger partial charge in [-0.05, 0) is 11.6 Å². The van der Waals surface area contributed by atoms with Crippen molar-refractivity contribution in [1.82, 2.24) is 15.0 Å². The zero-order valence-electron chi connectivity index (χ0n) is 18.8. The number of nitrogens with zero attached hydrogens (tertiary/aromatic N) is 3. The van der Waals surface area contributed by atoms with Gasteiger partial charge in [-0.25, -0.2) is 0 Å². The molecule has 13 nitrogen and oxygen atoms in total. The van der Waals surface area contributed by atoms with Gasteiger partial charge in [0.15, 0.2) is 0 Å². The molecular weight excluding hydrogens is 464 g/mol. The van der Waals surface area contributed by atoms with E-state index in [2.05, 4.69) is 15.0 Å². The molecule has 0 radical (unpaired) electrons. The Morgan fingerprint density at radius 3 is 1.27 bits per heavy atom. The summed E-state index contributed by atoms with van der Waals surface area (Å²) < 4.78 is 42.6. The molecule has 0 atom stereocenters. The Kier molecular flexibility index (Phi) is 20.1. The minimum Gasteiger partial charge on any atom is -0.461 e. The zero-order valence-corrected chi connectivity index (χ0v) is 19.6. The number of anilines is 1. The summed E-state index contributed by atoms with van der Waals surface area (Å²) in [4.78, 5) is 11.2. The molecule has 1 heterocycles. The Balaban J connectivity index is 1.71. The summed E-state index contributed by atoms with van der Waals surface area (Å²) in [5.41, 5.74) is 5.44. The first-order valence-electron chi connectivity index (χ1n) is 10.7. The van der Waals surface area contributed by atoms with Crippen molar-refractivity contribution in [1.29, 1.82) is 0 Å². The van der Waals surface area contributed by atoms with Gasteiger partial charge in [-0.1, -0.05) is 0 Å². The lowest BCUT2D eigenvalue weighted by Crippen LogP contribution is -2.15. The number of aliphatic hydroxyl groups excluding tert-OH is 1.